The molecule has 0 bridgehead atoms. The summed E-state index contributed by atoms with van der Waals surface area (Å²) in [6.45, 7) is 6.16. The van der Waals surface area contributed by atoms with Gasteiger partial charge in [0.2, 0.25) is 11.8 Å². The Hall–Kier alpha value is -2.95. The summed E-state index contributed by atoms with van der Waals surface area (Å²) >= 11 is 1.60. The fourth-order valence-corrected chi connectivity index (χ4v) is 7.93. The van der Waals surface area contributed by atoms with E-state index in [1.807, 2.05) is 40.6 Å². The van der Waals surface area contributed by atoms with Gasteiger partial charge in [-0.3, -0.25) is 9.59 Å². The summed E-state index contributed by atoms with van der Waals surface area (Å²) in [4.78, 5) is 40.0. The first-order chi connectivity index (χ1) is 21.0. The third-order valence-electron chi connectivity index (χ3n) is 9.81. The molecular weight excluding hydrogens is 560 g/mol. The number of nitrogens with two attached hydrogens (primary N) is 1. The van der Waals surface area contributed by atoms with E-state index >= 15 is 0 Å². The molecule has 1 saturated carbocycles. The molecular formula is C33H46N6O3S. The molecule has 1 aliphatic carbocycles. The number of hydrogen-bond acceptors (Lipinski definition) is 8. The first kappa shape index (κ1) is 30.1. The maximum absolute atomic E-state index is 14.0. The molecule has 3 fully saturated rings. The van der Waals surface area contributed by atoms with E-state index in [4.69, 9.17) is 15.5 Å². The van der Waals surface area contributed by atoms with Crippen molar-refractivity contribution in [1.82, 2.24) is 20.0 Å². The number of piperidine rings is 1. The van der Waals surface area contributed by atoms with E-state index in [1.54, 1.807) is 16.2 Å². The number of likely N-dealkylation sites (tertiary alicyclic amines) is 1. The van der Waals surface area contributed by atoms with Crippen LogP contribution in [-0.4, -0.2) is 89.4 Å². The molecule has 10 heteroatoms. The summed E-state index contributed by atoms with van der Waals surface area (Å²) in [7, 11) is 0. The van der Waals surface area contributed by atoms with Crippen LogP contribution in [0.4, 0.5) is 0 Å². The standard InChI is InChI=1S/C33H46N6O3S/c1-23-30(25-9-4-2-5-10-25)42-33(36-23)38-18-19-39(28(22-38)31(40)35-21-27-11-8-20-43-27)32(41)29(34)24-12-14-26(15-13-24)37-16-6-3-7-17-37/h2,4-5,8-11,20,23-24,26,28-30H,3,6-7,12-19,21-22,34H2,1H3,(H,35,40)/t23-,24?,26?,28-,29+,30+/m0/s1. The number of piperazine rings is 1. The summed E-state index contributed by atoms with van der Waals surface area (Å²) in [6.07, 6.45) is 7.89. The summed E-state index contributed by atoms with van der Waals surface area (Å²) in [6, 6.07) is 13.9. The van der Waals surface area contributed by atoms with E-state index in [2.05, 4.69) is 29.3 Å². The molecule has 4 aliphatic rings. The Labute approximate surface area is 259 Å². The summed E-state index contributed by atoms with van der Waals surface area (Å²) in [5, 5.41) is 5.08. The normalized spacial score (nSPS) is 29.1. The molecule has 1 aromatic carbocycles. The SMILES string of the molecule is C[C@@H]1N=C(N2CCN(C(=O)[C@H](N)C3CCC(N4CCCCC4)CC3)[C@H](C(=O)NCc3cccs3)C2)O[C@H]1c1ccccc1. The maximum Gasteiger partial charge on any atom is 0.288 e. The number of amides is 2. The molecule has 0 spiro atoms. The second-order valence-electron chi connectivity index (χ2n) is 12.6. The Morgan fingerprint density at radius 1 is 1.02 bits per heavy atom. The second kappa shape index (κ2) is 13.8. The Morgan fingerprint density at radius 3 is 2.51 bits per heavy atom. The molecule has 6 rings (SSSR count). The molecule has 3 aliphatic heterocycles. The largest absolute Gasteiger partial charge is 0.455 e. The quantitative estimate of drug-likeness (QED) is 0.498. The van der Waals surface area contributed by atoms with Crippen LogP contribution in [0, 0.1) is 5.92 Å². The van der Waals surface area contributed by atoms with Gasteiger partial charge in [-0.05, 0) is 81.5 Å². The van der Waals surface area contributed by atoms with E-state index in [9.17, 15) is 9.59 Å². The molecule has 232 valence electrons. The number of hydrogen-bond donors (Lipinski definition) is 2. The smallest absolute Gasteiger partial charge is 0.288 e. The van der Waals surface area contributed by atoms with Crippen molar-refractivity contribution >= 4 is 29.2 Å². The minimum Gasteiger partial charge on any atom is -0.455 e. The molecule has 0 unspecified atom stereocenters. The topological polar surface area (TPSA) is 103 Å². The van der Waals surface area contributed by atoms with Crippen molar-refractivity contribution < 1.29 is 14.3 Å². The van der Waals surface area contributed by atoms with Crippen LogP contribution in [-0.2, 0) is 20.9 Å². The Morgan fingerprint density at radius 2 is 1.79 bits per heavy atom. The molecule has 2 saturated heterocycles. The number of ether oxygens (including phenoxy) is 1. The predicted molar refractivity (Wildman–Crippen MR) is 170 cm³/mol. The number of nitrogens with one attached hydrogen (secondary N) is 1. The lowest BCUT2D eigenvalue weighted by molar-refractivity contribution is -0.145. The molecule has 4 atom stereocenters. The number of rotatable bonds is 7. The van der Waals surface area contributed by atoms with Gasteiger partial charge in [-0.1, -0.05) is 42.8 Å². The molecule has 9 nitrogen and oxygen atoms in total. The minimum atomic E-state index is -0.672. The molecule has 1 aromatic heterocycles. The summed E-state index contributed by atoms with van der Waals surface area (Å²) < 4.78 is 6.36. The van der Waals surface area contributed by atoms with Gasteiger partial charge in [0, 0.05) is 24.0 Å². The Balaban J connectivity index is 1.12. The Bertz CT molecular complexity index is 1240. The van der Waals surface area contributed by atoms with Gasteiger partial charge < -0.3 is 30.5 Å². The average Bonchev–Trinajstić information content (AvgIpc) is 3.73. The fourth-order valence-electron chi connectivity index (χ4n) is 7.28. The highest BCUT2D eigenvalue weighted by Gasteiger charge is 2.42. The highest BCUT2D eigenvalue weighted by atomic mass is 32.1. The molecule has 0 radical (unpaired) electrons. The van der Waals surface area contributed by atoms with E-state index in [0.717, 1.165) is 36.1 Å². The molecule has 43 heavy (non-hydrogen) atoms. The van der Waals surface area contributed by atoms with E-state index in [0.29, 0.717) is 38.2 Å². The zero-order chi connectivity index (χ0) is 29.8. The predicted octanol–water partition coefficient (Wildman–Crippen LogP) is 3.77. The van der Waals surface area contributed by atoms with Crippen LogP contribution in [0.5, 0.6) is 0 Å². The first-order valence-corrected chi connectivity index (χ1v) is 17.0. The van der Waals surface area contributed by atoms with Crippen LogP contribution in [0.1, 0.15) is 68.4 Å². The first-order valence-electron chi connectivity index (χ1n) is 16.1. The van der Waals surface area contributed by atoms with Crippen molar-refractivity contribution in [1.29, 1.82) is 0 Å². The van der Waals surface area contributed by atoms with Crippen molar-refractivity contribution in [2.75, 3.05) is 32.7 Å². The Kier molecular flexibility index (Phi) is 9.64. The van der Waals surface area contributed by atoms with E-state index in [-0.39, 0.29) is 29.9 Å². The zero-order valence-electron chi connectivity index (χ0n) is 25.3. The van der Waals surface area contributed by atoms with Gasteiger partial charge in [0.25, 0.3) is 6.02 Å². The third kappa shape index (κ3) is 6.91. The monoisotopic (exact) mass is 606 g/mol. The number of nitrogens with zero attached hydrogens (tertiary/aromatic N) is 4. The lowest BCUT2D eigenvalue weighted by Crippen LogP contribution is -2.64. The molecule has 2 aromatic rings. The lowest BCUT2D eigenvalue weighted by Gasteiger charge is -2.43. The van der Waals surface area contributed by atoms with Gasteiger partial charge in [0.15, 0.2) is 0 Å². The number of thiophene rings is 1. The van der Waals surface area contributed by atoms with Gasteiger partial charge >= 0.3 is 0 Å². The maximum atomic E-state index is 14.0. The highest BCUT2D eigenvalue weighted by molar-refractivity contribution is 7.09. The van der Waals surface area contributed by atoms with Gasteiger partial charge in [-0.25, -0.2) is 4.99 Å². The van der Waals surface area contributed by atoms with Gasteiger partial charge in [-0.2, -0.15) is 0 Å². The highest BCUT2D eigenvalue weighted by Crippen LogP contribution is 2.33. The van der Waals surface area contributed by atoms with Gasteiger partial charge in [0.1, 0.15) is 12.1 Å². The van der Waals surface area contributed by atoms with Crippen molar-refractivity contribution in [2.24, 2.45) is 16.6 Å². The van der Waals surface area contributed by atoms with Crippen molar-refractivity contribution in [3.63, 3.8) is 0 Å². The fraction of sp³-hybridized carbons (Fsp3) is 0.606. The zero-order valence-corrected chi connectivity index (χ0v) is 26.1. The van der Waals surface area contributed by atoms with Gasteiger partial charge in [-0.15, -0.1) is 11.3 Å². The van der Waals surface area contributed by atoms with E-state index < -0.39 is 12.1 Å². The number of aliphatic imine (C=N–C) groups is 1. The van der Waals surface area contributed by atoms with Crippen LogP contribution < -0.4 is 11.1 Å². The second-order valence-corrected chi connectivity index (χ2v) is 13.6. The molecule has 2 amide bonds. The molecule has 3 N–H and O–H groups in total. The van der Waals surface area contributed by atoms with Crippen LogP contribution in [0.2, 0.25) is 0 Å². The van der Waals surface area contributed by atoms with E-state index in [1.165, 1.54) is 32.4 Å². The van der Waals surface area contributed by atoms with Crippen molar-refractivity contribution in [3.05, 3.63) is 58.3 Å². The van der Waals surface area contributed by atoms with Crippen LogP contribution in [0.15, 0.2) is 52.8 Å². The van der Waals surface area contributed by atoms with Crippen molar-refractivity contribution in [3.8, 4) is 0 Å². The number of carbonyl (C=O) groups is 2. The lowest BCUT2D eigenvalue weighted by atomic mass is 9.80. The van der Waals surface area contributed by atoms with Crippen LogP contribution in [0.3, 0.4) is 0 Å². The summed E-state index contributed by atoms with van der Waals surface area (Å²) in [5.74, 6) is -0.128. The number of benzene rings is 1. The number of amidine groups is 1. The van der Waals surface area contributed by atoms with Crippen LogP contribution >= 0.6 is 11.3 Å². The van der Waals surface area contributed by atoms with Gasteiger partial charge in [0.05, 0.1) is 25.2 Å². The molecule has 4 heterocycles. The van der Waals surface area contributed by atoms with Crippen molar-refractivity contribution in [2.45, 2.75) is 88.7 Å². The third-order valence-corrected chi connectivity index (χ3v) is 10.7. The summed E-state index contributed by atoms with van der Waals surface area (Å²) in [5.41, 5.74) is 7.80. The van der Waals surface area contributed by atoms with Crippen LogP contribution in [0.25, 0.3) is 0 Å². The number of carbonyl (C=O) groups excluding carboxylic acids is 2. The minimum absolute atomic E-state index is 0.0448. The average molecular weight is 607 g/mol.